The van der Waals surface area contributed by atoms with Crippen molar-refractivity contribution >= 4 is 35.6 Å². The number of nitrogens with one attached hydrogen (secondary N) is 1. The number of nitrogens with two attached hydrogens (primary N) is 1. The number of guanidine groups is 1. The number of hydrogen-bond acceptors (Lipinski definition) is 4. The van der Waals surface area contributed by atoms with Gasteiger partial charge in [0.1, 0.15) is 11.5 Å². The lowest BCUT2D eigenvalue weighted by Gasteiger charge is -2.10. The second kappa shape index (κ2) is 11.2. The maximum atomic E-state index is 9.76. The van der Waals surface area contributed by atoms with Crippen LogP contribution in [0.4, 0.5) is 5.69 Å². The number of ether oxygens (including phenoxy) is 2. The van der Waals surface area contributed by atoms with Crippen molar-refractivity contribution in [2.24, 2.45) is 10.7 Å². The number of anilines is 1. The minimum atomic E-state index is 0. The van der Waals surface area contributed by atoms with Crippen molar-refractivity contribution < 1.29 is 14.6 Å². The van der Waals surface area contributed by atoms with E-state index in [-0.39, 0.29) is 35.7 Å². The molecule has 4 N–H and O–H groups in total. The van der Waals surface area contributed by atoms with Crippen LogP contribution in [0.25, 0.3) is 0 Å². The molecule has 0 bridgehead atoms. The zero-order chi connectivity index (χ0) is 19.8. The van der Waals surface area contributed by atoms with Gasteiger partial charge in [-0.25, -0.2) is 4.99 Å². The van der Waals surface area contributed by atoms with E-state index in [0.29, 0.717) is 24.7 Å². The summed E-state index contributed by atoms with van der Waals surface area (Å²) in [6.45, 7) is 2.70. The van der Waals surface area contributed by atoms with Gasteiger partial charge in [0.15, 0.2) is 17.5 Å². The van der Waals surface area contributed by atoms with E-state index in [4.69, 9.17) is 15.2 Å². The SMILES string of the molecule is CCOc1cc(CN=C(N)Nc2cccc(Oc3ccccc3)c2)ccc1O.I. The van der Waals surface area contributed by atoms with Crippen LogP contribution in [-0.4, -0.2) is 17.7 Å². The van der Waals surface area contributed by atoms with Gasteiger partial charge in [-0.1, -0.05) is 30.3 Å². The lowest BCUT2D eigenvalue weighted by molar-refractivity contribution is 0.318. The van der Waals surface area contributed by atoms with Crippen molar-refractivity contribution in [1.29, 1.82) is 0 Å². The van der Waals surface area contributed by atoms with Crippen molar-refractivity contribution in [3.63, 3.8) is 0 Å². The van der Waals surface area contributed by atoms with Crippen LogP contribution in [0, 0.1) is 0 Å². The Morgan fingerprint density at radius 3 is 2.52 bits per heavy atom. The summed E-state index contributed by atoms with van der Waals surface area (Å²) in [5.41, 5.74) is 7.66. The predicted octanol–water partition coefficient (Wildman–Crippen LogP) is 5.13. The molecule has 0 atom stereocenters. The highest BCUT2D eigenvalue weighted by molar-refractivity contribution is 14.0. The monoisotopic (exact) mass is 505 g/mol. The zero-order valence-corrected chi connectivity index (χ0v) is 18.4. The van der Waals surface area contributed by atoms with Crippen molar-refractivity contribution in [3.8, 4) is 23.0 Å². The number of halogens is 1. The molecule has 29 heavy (non-hydrogen) atoms. The fraction of sp³-hybridized carbons (Fsp3) is 0.136. The molecule has 0 saturated carbocycles. The van der Waals surface area contributed by atoms with Gasteiger partial charge in [0, 0.05) is 11.8 Å². The van der Waals surface area contributed by atoms with Crippen LogP contribution in [0.3, 0.4) is 0 Å². The highest BCUT2D eigenvalue weighted by Gasteiger charge is 2.04. The fourth-order valence-electron chi connectivity index (χ4n) is 2.55. The Kier molecular flexibility index (Phi) is 8.60. The van der Waals surface area contributed by atoms with Gasteiger partial charge in [0.25, 0.3) is 0 Å². The molecule has 0 fully saturated rings. The van der Waals surface area contributed by atoms with Crippen molar-refractivity contribution in [2.45, 2.75) is 13.5 Å². The number of para-hydroxylation sites is 1. The van der Waals surface area contributed by atoms with Gasteiger partial charge in [-0.3, -0.25) is 0 Å². The number of aliphatic imine (C=N–C) groups is 1. The van der Waals surface area contributed by atoms with Gasteiger partial charge in [0.05, 0.1) is 13.2 Å². The van der Waals surface area contributed by atoms with E-state index in [0.717, 1.165) is 17.0 Å². The Morgan fingerprint density at radius 1 is 1.00 bits per heavy atom. The van der Waals surface area contributed by atoms with E-state index in [1.165, 1.54) is 0 Å². The summed E-state index contributed by atoms with van der Waals surface area (Å²) in [4.78, 5) is 4.34. The third-order valence-electron chi connectivity index (χ3n) is 3.84. The quantitative estimate of drug-likeness (QED) is 0.236. The number of nitrogens with zero attached hydrogens (tertiary/aromatic N) is 1. The van der Waals surface area contributed by atoms with Gasteiger partial charge < -0.3 is 25.6 Å². The van der Waals surface area contributed by atoms with Crippen LogP contribution in [0.1, 0.15) is 12.5 Å². The molecule has 3 aromatic rings. The molecule has 0 aliphatic carbocycles. The molecule has 0 spiro atoms. The van der Waals surface area contributed by atoms with Crippen LogP contribution in [0.15, 0.2) is 77.8 Å². The normalized spacial score (nSPS) is 10.7. The van der Waals surface area contributed by atoms with Gasteiger partial charge in [-0.05, 0) is 48.9 Å². The van der Waals surface area contributed by atoms with E-state index in [9.17, 15) is 5.11 Å². The summed E-state index contributed by atoms with van der Waals surface area (Å²) in [6.07, 6.45) is 0. The first-order chi connectivity index (χ1) is 13.6. The van der Waals surface area contributed by atoms with E-state index in [1.807, 2.05) is 61.5 Å². The Bertz CT molecular complexity index is 949. The number of phenolic OH excluding ortho intramolecular Hbond substituents is 1. The Labute approximate surface area is 187 Å². The van der Waals surface area contributed by atoms with E-state index >= 15 is 0 Å². The second-order valence-electron chi connectivity index (χ2n) is 6.00. The van der Waals surface area contributed by atoms with Crippen molar-refractivity contribution in [1.82, 2.24) is 0 Å². The molecule has 3 rings (SSSR count). The fourth-order valence-corrected chi connectivity index (χ4v) is 2.55. The molecule has 0 aromatic heterocycles. The molecular weight excluding hydrogens is 481 g/mol. The highest BCUT2D eigenvalue weighted by atomic mass is 127. The first-order valence-electron chi connectivity index (χ1n) is 8.98. The minimum absolute atomic E-state index is 0. The standard InChI is InChI=1S/C22H23N3O3.HI/c1-2-27-21-13-16(11-12-20(21)26)15-24-22(23)25-17-7-6-10-19(14-17)28-18-8-4-3-5-9-18;/h3-14,26H,2,15H2,1H3,(H3,23,24,25);1H. The third kappa shape index (κ3) is 6.86. The summed E-state index contributed by atoms with van der Waals surface area (Å²) in [6, 6.07) is 22.2. The smallest absolute Gasteiger partial charge is 0.193 e. The maximum absolute atomic E-state index is 9.76. The summed E-state index contributed by atoms with van der Waals surface area (Å²) in [5.74, 6) is 2.29. The van der Waals surface area contributed by atoms with Crippen LogP contribution in [0.2, 0.25) is 0 Å². The third-order valence-corrected chi connectivity index (χ3v) is 3.84. The van der Waals surface area contributed by atoms with Gasteiger partial charge in [-0.15, -0.1) is 24.0 Å². The molecule has 0 saturated heterocycles. The Morgan fingerprint density at radius 2 is 1.76 bits per heavy atom. The Balaban J connectivity index is 0.00000300. The van der Waals surface area contributed by atoms with E-state index in [2.05, 4.69) is 10.3 Å². The number of benzene rings is 3. The van der Waals surface area contributed by atoms with Crippen LogP contribution in [0.5, 0.6) is 23.0 Å². The topological polar surface area (TPSA) is 89.1 Å². The second-order valence-corrected chi connectivity index (χ2v) is 6.00. The first kappa shape index (κ1) is 22.4. The molecule has 3 aromatic carbocycles. The number of hydrogen-bond donors (Lipinski definition) is 3. The van der Waals surface area contributed by atoms with Gasteiger partial charge in [-0.2, -0.15) is 0 Å². The molecule has 0 aliphatic heterocycles. The molecule has 0 heterocycles. The number of rotatable bonds is 7. The lowest BCUT2D eigenvalue weighted by atomic mass is 10.2. The van der Waals surface area contributed by atoms with Gasteiger partial charge >= 0.3 is 0 Å². The van der Waals surface area contributed by atoms with Crippen LogP contribution < -0.4 is 20.5 Å². The summed E-state index contributed by atoms with van der Waals surface area (Å²) in [5, 5.41) is 12.8. The zero-order valence-electron chi connectivity index (χ0n) is 16.0. The molecule has 152 valence electrons. The molecular formula is C22H24IN3O3. The van der Waals surface area contributed by atoms with Crippen molar-refractivity contribution in [2.75, 3.05) is 11.9 Å². The van der Waals surface area contributed by atoms with Crippen LogP contribution >= 0.6 is 24.0 Å². The molecule has 0 aliphatic rings. The van der Waals surface area contributed by atoms with Crippen molar-refractivity contribution in [3.05, 3.63) is 78.4 Å². The lowest BCUT2D eigenvalue weighted by Crippen LogP contribution is -2.22. The molecule has 0 unspecified atom stereocenters. The number of aromatic hydroxyl groups is 1. The molecule has 7 heteroatoms. The number of phenols is 1. The maximum Gasteiger partial charge on any atom is 0.193 e. The highest BCUT2D eigenvalue weighted by Crippen LogP contribution is 2.27. The molecule has 6 nitrogen and oxygen atoms in total. The van der Waals surface area contributed by atoms with E-state index in [1.54, 1.807) is 18.2 Å². The van der Waals surface area contributed by atoms with Crippen LogP contribution in [-0.2, 0) is 6.54 Å². The predicted molar refractivity (Wildman–Crippen MR) is 127 cm³/mol. The average molecular weight is 505 g/mol. The first-order valence-corrected chi connectivity index (χ1v) is 8.98. The Hall–Kier alpha value is -2.94. The minimum Gasteiger partial charge on any atom is -0.504 e. The summed E-state index contributed by atoms with van der Waals surface area (Å²) >= 11 is 0. The summed E-state index contributed by atoms with van der Waals surface area (Å²) < 4.78 is 11.2. The van der Waals surface area contributed by atoms with E-state index < -0.39 is 0 Å². The molecule has 0 radical (unpaired) electrons. The average Bonchev–Trinajstić information content (AvgIpc) is 2.70. The largest absolute Gasteiger partial charge is 0.504 e. The summed E-state index contributed by atoms with van der Waals surface area (Å²) in [7, 11) is 0. The van der Waals surface area contributed by atoms with Gasteiger partial charge in [0.2, 0.25) is 0 Å². The molecule has 0 amide bonds.